The summed E-state index contributed by atoms with van der Waals surface area (Å²) < 4.78 is 0. The molecule has 19 heavy (non-hydrogen) atoms. The maximum atomic E-state index is 9.18. The molecule has 0 amide bonds. The van der Waals surface area contributed by atoms with E-state index in [1.807, 2.05) is 0 Å². The van der Waals surface area contributed by atoms with Crippen molar-refractivity contribution >= 4 is 23.5 Å². The molecule has 2 N–H and O–H groups in total. The van der Waals surface area contributed by atoms with Gasteiger partial charge in [0, 0.05) is 19.6 Å². The van der Waals surface area contributed by atoms with Crippen molar-refractivity contribution in [3.63, 3.8) is 0 Å². The van der Waals surface area contributed by atoms with Crippen LogP contribution in [0.3, 0.4) is 0 Å². The number of aromatic nitrogens is 3. The molecule has 0 saturated carbocycles. The summed E-state index contributed by atoms with van der Waals surface area (Å²) in [5.74, 6) is 1.16. The Morgan fingerprint density at radius 1 is 1.32 bits per heavy atom. The van der Waals surface area contributed by atoms with Gasteiger partial charge in [-0.2, -0.15) is 15.0 Å². The van der Waals surface area contributed by atoms with Gasteiger partial charge in [-0.3, -0.25) is 0 Å². The SMILES string of the molecule is CC(O)CCCNc1nc(Cl)nc(N2CCCC2)n1. The molecular formula is C12H20ClN5O. The van der Waals surface area contributed by atoms with E-state index in [1.165, 1.54) is 12.8 Å². The Balaban J connectivity index is 1.92. The zero-order valence-electron chi connectivity index (χ0n) is 11.1. The summed E-state index contributed by atoms with van der Waals surface area (Å²) in [6.45, 7) is 4.44. The Morgan fingerprint density at radius 2 is 2.05 bits per heavy atom. The summed E-state index contributed by atoms with van der Waals surface area (Å²) in [7, 11) is 0. The van der Waals surface area contributed by atoms with Crippen LogP contribution in [0, 0.1) is 0 Å². The molecule has 106 valence electrons. The molecule has 1 aromatic heterocycles. The molecule has 0 radical (unpaired) electrons. The molecule has 1 aliphatic rings. The highest BCUT2D eigenvalue weighted by molar-refractivity contribution is 6.28. The summed E-state index contributed by atoms with van der Waals surface area (Å²) in [6, 6.07) is 0. The minimum atomic E-state index is -0.274. The largest absolute Gasteiger partial charge is 0.393 e. The molecule has 1 aromatic rings. The Bertz CT molecular complexity index is 409. The van der Waals surface area contributed by atoms with Crippen LogP contribution in [0.5, 0.6) is 0 Å². The standard InChI is InChI=1S/C12H20ClN5O/c1-9(19)5-4-6-14-11-15-10(13)16-12(17-11)18-7-2-3-8-18/h9,19H,2-8H2,1H3,(H,14,15,16,17). The smallest absolute Gasteiger partial charge is 0.231 e. The number of hydrogen-bond donors (Lipinski definition) is 2. The number of halogens is 1. The number of anilines is 2. The summed E-state index contributed by atoms with van der Waals surface area (Å²) in [5.41, 5.74) is 0. The Labute approximate surface area is 118 Å². The van der Waals surface area contributed by atoms with Gasteiger partial charge in [0.2, 0.25) is 17.2 Å². The van der Waals surface area contributed by atoms with E-state index in [0.29, 0.717) is 18.4 Å². The van der Waals surface area contributed by atoms with Crippen molar-refractivity contribution in [1.82, 2.24) is 15.0 Å². The maximum Gasteiger partial charge on any atom is 0.231 e. The van der Waals surface area contributed by atoms with Gasteiger partial charge in [0.25, 0.3) is 0 Å². The van der Waals surface area contributed by atoms with Gasteiger partial charge in [0.15, 0.2) is 0 Å². The van der Waals surface area contributed by atoms with E-state index in [4.69, 9.17) is 11.6 Å². The van der Waals surface area contributed by atoms with Gasteiger partial charge in [-0.05, 0) is 44.2 Å². The Kier molecular flexibility index (Phi) is 5.15. The monoisotopic (exact) mass is 285 g/mol. The highest BCUT2D eigenvalue weighted by Gasteiger charge is 2.16. The van der Waals surface area contributed by atoms with Crippen molar-refractivity contribution < 1.29 is 5.11 Å². The van der Waals surface area contributed by atoms with Crippen molar-refractivity contribution in [3.8, 4) is 0 Å². The normalized spacial score (nSPS) is 16.7. The molecule has 0 spiro atoms. The van der Waals surface area contributed by atoms with Gasteiger partial charge in [0.05, 0.1) is 6.10 Å². The molecule has 0 bridgehead atoms. The van der Waals surface area contributed by atoms with Gasteiger partial charge in [0.1, 0.15) is 0 Å². The van der Waals surface area contributed by atoms with Crippen LogP contribution in [-0.4, -0.2) is 45.8 Å². The van der Waals surface area contributed by atoms with Crippen LogP contribution >= 0.6 is 11.6 Å². The second kappa shape index (κ2) is 6.86. The molecular weight excluding hydrogens is 266 g/mol. The van der Waals surface area contributed by atoms with Gasteiger partial charge < -0.3 is 15.3 Å². The van der Waals surface area contributed by atoms with E-state index >= 15 is 0 Å². The molecule has 1 aliphatic heterocycles. The zero-order chi connectivity index (χ0) is 13.7. The Hall–Kier alpha value is -1.14. The average Bonchev–Trinajstić information content (AvgIpc) is 2.87. The van der Waals surface area contributed by atoms with E-state index in [-0.39, 0.29) is 11.4 Å². The highest BCUT2D eigenvalue weighted by atomic mass is 35.5. The number of nitrogens with one attached hydrogen (secondary N) is 1. The number of aliphatic hydroxyl groups excluding tert-OH is 1. The third-order valence-corrected chi connectivity index (χ3v) is 3.24. The Morgan fingerprint density at radius 3 is 2.74 bits per heavy atom. The third-order valence-electron chi connectivity index (χ3n) is 3.07. The number of hydrogen-bond acceptors (Lipinski definition) is 6. The first kappa shape index (κ1) is 14.3. The molecule has 0 aromatic carbocycles. The van der Waals surface area contributed by atoms with E-state index in [9.17, 15) is 5.11 Å². The predicted octanol–water partition coefficient (Wildman–Crippen LogP) is 1.70. The quantitative estimate of drug-likeness (QED) is 0.775. The molecule has 1 atom stereocenters. The summed E-state index contributed by atoms with van der Waals surface area (Å²) >= 11 is 5.92. The molecule has 1 unspecified atom stereocenters. The molecule has 2 rings (SSSR count). The van der Waals surface area contributed by atoms with Crippen molar-refractivity contribution in [2.24, 2.45) is 0 Å². The molecule has 7 heteroatoms. The number of rotatable bonds is 6. The summed E-state index contributed by atoms with van der Waals surface area (Å²) in [4.78, 5) is 14.7. The number of nitrogens with zero attached hydrogens (tertiary/aromatic N) is 4. The van der Waals surface area contributed by atoms with Crippen LogP contribution < -0.4 is 10.2 Å². The van der Waals surface area contributed by atoms with Crippen LogP contribution in [0.1, 0.15) is 32.6 Å². The first-order valence-corrected chi connectivity index (χ1v) is 7.11. The van der Waals surface area contributed by atoms with Crippen LogP contribution in [-0.2, 0) is 0 Å². The zero-order valence-corrected chi connectivity index (χ0v) is 11.9. The highest BCUT2D eigenvalue weighted by Crippen LogP contribution is 2.18. The molecule has 2 heterocycles. The summed E-state index contributed by atoms with van der Waals surface area (Å²) in [5, 5.41) is 12.5. The maximum absolute atomic E-state index is 9.18. The predicted molar refractivity (Wildman–Crippen MR) is 75.7 cm³/mol. The van der Waals surface area contributed by atoms with E-state index in [2.05, 4.69) is 25.2 Å². The lowest BCUT2D eigenvalue weighted by atomic mass is 10.2. The van der Waals surface area contributed by atoms with Crippen molar-refractivity contribution in [2.45, 2.75) is 38.7 Å². The topological polar surface area (TPSA) is 74.2 Å². The molecule has 1 fully saturated rings. The van der Waals surface area contributed by atoms with Crippen LogP contribution in [0.15, 0.2) is 0 Å². The minimum absolute atomic E-state index is 0.218. The fourth-order valence-electron chi connectivity index (χ4n) is 2.07. The fourth-order valence-corrected chi connectivity index (χ4v) is 2.23. The van der Waals surface area contributed by atoms with Crippen LogP contribution in [0.2, 0.25) is 5.28 Å². The third kappa shape index (κ3) is 4.47. The lowest BCUT2D eigenvalue weighted by Gasteiger charge is -2.15. The molecule has 6 nitrogen and oxygen atoms in total. The van der Waals surface area contributed by atoms with Gasteiger partial charge >= 0.3 is 0 Å². The van der Waals surface area contributed by atoms with Crippen molar-refractivity contribution in [2.75, 3.05) is 29.9 Å². The van der Waals surface area contributed by atoms with Crippen molar-refractivity contribution in [3.05, 3.63) is 5.28 Å². The van der Waals surface area contributed by atoms with Crippen LogP contribution in [0.25, 0.3) is 0 Å². The second-order valence-corrected chi connectivity index (χ2v) is 5.18. The molecule has 1 saturated heterocycles. The molecule has 0 aliphatic carbocycles. The van der Waals surface area contributed by atoms with E-state index in [0.717, 1.165) is 25.9 Å². The lowest BCUT2D eigenvalue weighted by Crippen LogP contribution is -2.21. The summed E-state index contributed by atoms with van der Waals surface area (Å²) in [6.07, 6.45) is 3.68. The van der Waals surface area contributed by atoms with Crippen LogP contribution in [0.4, 0.5) is 11.9 Å². The van der Waals surface area contributed by atoms with Gasteiger partial charge in [-0.15, -0.1) is 0 Å². The average molecular weight is 286 g/mol. The first-order chi connectivity index (χ1) is 9.15. The van der Waals surface area contributed by atoms with Crippen molar-refractivity contribution in [1.29, 1.82) is 0 Å². The first-order valence-electron chi connectivity index (χ1n) is 6.73. The second-order valence-electron chi connectivity index (χ2n) is 4.84. The van der Waals surface area contributed by atoms with E-state index < -0.39 is 0 Å². The lowest BCUT2D eigenvalue weighted by molar-refractivity contribution is 0.183. The van der Waals surface area contributed by atoms with Gasteiger partial charge in [-0.25, -0.2) is 0 Å². The fraction of sp³-hybridized carbons (Fsp3) is 0.750. The minimum Gasteiger partial charge on any atom is -0.393 e. The number of aliphatic hydroxyl groups is 1. The van der Waals surface area contributed by atoms with Gasteiger partial charge in [-0.1, -0.05) is 0 Å². The van der Waals surface area contributed by atoms with E-state index in [1.54, 1.807) is 6.92 Å².